The molecular formula is C7H16O2Si2. The second-order valence-corrected chi connectivity index (χ2v) is 7.33. The van der Waals surface area contributed by atoms with Crippen LogP contribution in [0.4, 0.5) is 0 Å². The van der Waals surface area contributed by atoms with Gasteiger partial charge in [-0.3, -0.25) is 0 Å². The van der Waals surface area contributed by atoms with Gasteiger partial charge in [0.05, 0.1) is 6.61 Å². The van der Waals surface area contributed by atoms with Crippen LogP contribution < -0.4 is 0 Å². The van der Waals surface area contributed by atoms with Crippen molar-refractivity contribution in [3.63, 3.8) is 0 Å². The van der Waals surface area contributed by atoms with Crippen LogP contribution in [-0.2, 0) is 9.53 Å². The molecule has 0 aliphatic heterocycles. The first-order valence-corrected chi connectivity index (χ1v) is 10.7. The summed E-state index contributed by atoms with van der Waals surface area (Å²) in [6.07, 6.45) is 1.05. The Morgan fingerprint density at radius 2 is 2.36 bits per heavy atom. The Kier molecular flexibility index (Phi) is 6.15. The molecule has 0 aromatic heterocycles. The van der Waals surface area contributed by atoms with E-state index < -0.39 is 0 Å². The van der Waals surface area contributed by atoms with Gasteiger partial charge in [0.25, 0.3) is 0 Å². The Labute approximate surface area is 73.0 Å². The van der Waals surface area contributed by atoms with E-state index in [4.69, 9.17) is 4.74 Å². The first kappa shape index (κ1) is 10.6. The van der Waals surface area contributed by atoms with Gasteiger partial charge in [0, 0.05) is 14.6 Å². The largest absolute Gasteiger partial charge is 0.462 e. The van der Waals surface area contributed by atoms with E-state index in [1.165, 1.54) is 15.8 Å². The van der Waals surface area contributed by atoms with Crippen LogP contribution in [-0.4, -0.2) is 31.4 Å². The molecule has 0 aliphatic rings. The van der Waals surface area contributed by atoms with Gasteiger partial charge in [-0.2, -0.15) is 0 Å². The van der Waals surface area contributed by atoms with Crippen molar-refractivity contribution >= 4 is 24.8 Å². The van der Waals surface area contributed by atoms with Crippen LogP contribution in [0.3, 0.4) is 0 Å². The smallest absolute Gasteiger partial charge is 0.333 e. The molecule has 0 fully saturated rings. The van der Waals surface area contributed by atoms with Crippen LogP contribution in [0.5, 0.6) is 0 Å². The van der Waals surface area contributed by atoms with Crippen LogP contribution in [0, 0.1) is 0 Å². The SMILES string of the molecule is C=C(C)C(=O)OCCC[SiH2][SiH3]. The van der Waals surface area contributed by atoms with E-state index in [-0.39, 0.29) is 15.0 Å². The van der Waals surface area contributed by atoms with Crippen molar-refractivity contribution in [2.45, 2.75) is 19.4 Å². The predicted molar refractivity (Wildman–Crippen MR) is 53.7 cm³/mol. The van der Waals surface area contributed by atoms with Gasteiger partial charge in [0.1, 0.15) is 0 Å². The van der Waals surface area contributed by atoms with Gasteiger partial charge in [-0.05, 0) is 23.1 Å². The molecule has 0 atom stereocenters. The predicted octanol–water partition coefficient (Wildman–Crippen LogP) is -0.637. The van der Waals surface area contributed by atoms with Gasteiger partial charge in [-0.25, -0.2) is 4.79 Å². The number of esters is 1. The lowest BCUT2D eigenvalue weighted by atomic mass is 10.4. The Morgan fingerprint density at radius 1 is 1.73 bits per heavy atom. The highest BCUT2D eigenvalue weighted by molar-refractivity contribution is 6.89. The molecule has 0 aromatic rings. The molecule has 0 unspecified atom stereocenters. The standard InChI is InChI=1S/C7H16O2Si2/c1-6(2)7(8)9-4-3-5-11-10/h1,3-5,11H2,2,10H3. The second kappa shape index (κ2) is 6.36. The van der Waals surface area contributed by atoms with Crippen LogP contribution >= 0.6 is 0 Å². The molecule has 0 aliphatic carbocycles. The number of hydrogen-bond donors (Lipinski definition) is 0. The highest BCUT2D eigenvalue weighted by Crippen LogP contribution is 1.94. The summed E-state index contributed by atoms with van der Waals surface area (Å²) in [5.74, 6) is -0.250. The number of rotatable bonds is 5. The average Bonchev–Trinajstić information content (AvgIpc) is 1.97. The van der Waals surface area contributed by atoms with Crippen molar-refractivity contribution in [2.75, 3.05) is 6.61 Å². The minimum Gasteiger partial charge on any atom is -0.462 e. The van der Waals surface area contributed by atoms with Gasteiger partial charge in [0.2, 0.25) is 0 Å². The summed E-state index contributed by atoms with van der Waals surface area (Å²) in [5.41, 5.74) is 0.494. The van der Waals surface area contributed by atoms with E-state index in [1.807, 2.05) is 0 Å². The third-order valence-electron chi connectivity index (χ3n) is 1.33. The molecule has 64 valence electrons. The fourth-order valence-corrected chi connectivity index (χ4v) is 2.84. The van der Waals surface area contributed by atoms with Gasteiger partial charge >= 0.3 is 5.97 Å². The number of carbonyl (C=O) groups excluding carboxylic acids is 1. The maximum absolute atomic E-state index is 10.8. The molecule has 11 heavy (non-hydrogen) atoms. The summed E-state index contributed by atoms with van der Waals surface area (Å²) in [7, 11) is 1.65. The zero-order valence-electron chi connectivity index (χ0n) is 7.35. The zero-order chi connectivity index (χ0) is 8.69. The van der Waals surface area contributed by atoms with E-state index in [0.29, 0.717) is 12.2 Å². The van der Waals surface area contributed by atoms with E-state index in [2.05, 4.69) is 6.58 Å². The second-order valence-electron chi connectivity index (χ2n) is 2.62. The molecule has 0 saturated carbocycles. The molecule has 0 N–H and O–H groups in total. The van der Waals surface area contributed by atoms with Gasteiger partial charge in [0.15, 0.2) is 0 Å². The summed E-state index contributed by atoms with van der Waals surface area (Å²) in [5, 5.41) is 0. The van der Waals surface area contributed by atoms with E-state index in [1.54, 1.807) is 6.92 Å². The number of ether oxygens (including phenoxy) is 1. The molecule has 0 aromatic carbocycles. The monoisotopic (exact) mass is 188 g/mol. The third kappa shape index (κ3) is 6.06. The number of hydrogen-bond acceptors (Lipinski definition) is 2. The quantitative estimate of drug-likeness (QED) is 0.248. The molecule has 4 heteroatoms. The van der Waals surface area contributed by atoms with E-state index >= 15 is 0 Å². The Bertz CT molecular complexity index is 145. The zero-order valence-corrected chi connectivity index (χ0v) is 10.8. The molecule has 2 nitrogen and oxygen atoms in total. The molecule has 0 bridgehead atoms. The highest BCUT2D eigenvalue weighted by Gasteiger charge is 2.00. The van der Waals surface area contributed by atoms with Crippen LogP contribution in [0.1, 0.15) is 13.3 Å². The average molecular weight is 188 g/mol. The lowest BCUT2D eigenvalue weighted by molar-refractivity contribution is -0.138. The van der Waals surface area contributed by atoms with Crippen molar-refractivity contribution in [1.82, 2.24) is 0 Å². The molecular weight excluding hydrogens is 172 g/mol. The lowest BCUT2D eigenvalue weighted by Gasteiger charge is -2.02. The van der Waals surface area contributed by atoms with E-state index in [0.717, 1.165) is 6.42 Å². The summed E-state index contributed by atoms with van der Waals surface area (Å²) in [4.78, 5) is 10.8. The van der Waals surface area contributed by atoms with Crippen LogP contribution in [0.2, 0.25) is 6.04 Å². The van der Waals surface area contributed by atoms with Gasteiger partial charge in [-0.15, -0.1) is 0 Å². The van der Waals surface area contributed by atoms with Crippen LogP contribution in [0.15, 0.2) is 12.2 Å². The summed E-state index contributed by atoms with van der Waals surface area (Å²) in [6.45, 7) is 5.75. The molecule has 0 rings (SSSR count). The fourth-order valence-electron chi connectivity index (χ4n) is 0.640. The molecule has 0 spiro atoms. The van der Waals surface area contributed by atoms with E-state index in [9.17, 15) is 4.79 Å². The topological polar surface area (TPSA) is 26.3 Å². The maximum Gasteiger partial charge on any atom is 0.333 e. The van der Waals surface area contributed by atoms with Gasteiger partial charge < -0.3 is 4.74 Å². The highest BCUT2D eigenvalue weighted by atomic mass is 29.1. The van der Waals surface area contributed by atoms with Crippen molar-refractivity contribution < 1.29 is 9.53 Å². The Balaban J connectivity index is 3.25. The minimum atomic E-state index is -0.250. The lowest BCUT2D eigenvalue weighted by Crippen LogP contribution is -2.06. The van der Waals surface area contributed by atoms with Crippen molar-refractivity contribution in [3.05, 3.63) is 12.2 Å². The van der Waals surface area contributed by atoms with Gasteiger partial charge in [-0.1, -0.05) is 12.6 Å². The first-order chi connectivity index (χ1) is 5.18. The van der Waals surface area contributed by atoms with Crippen molar-refractivity contribution in [3.8, 4) is 0 Å². The fraction of sp³-hybridized carbons (Fsp3) is 0.571. The molecule has 0 saturated heterocycles. The minimum absolute atomic E-state index is 0.250. The maximum atomic E-state index is 10.8. The van der Waals surface area contributed by atoms with Crippen LogP contribution in [0.25, 0.3) is 0 Å². The molecule has 0 heterocycles. The third-order valence-corrected chi connectivity index (χ3v) is 4.66. The summed E-state index contributed by atoms with van der Waals surface area (Å²) in [6, 6.07) is 1.32. The normalized spacial score (nSPS) is 10.6. The first-order valence-electron chi connectivity index (χ1n) is 4.01. The summed E-state index contributed by atoms with van der Waals surface area (Å²) >= 11 is 0. The van der Waals surface area contributed by atoms with Crippen molar-refractivity contribution in [1.29, 1.82) is 0 Å². The molecule has 0 radical (unpaired) electrons. The summed E-state index contributed by atoms with van der Waals surface area (Å²) < 4.78 is 4.90. The van der Waals surface area contributed by atoms with Crippen molar-refractivity contribution in [2.24, 2.45) is 0 Å². The molecule has 0 amide bonds. The Hall–Kier alpha value is -0.356. The Morgan fingerprint density at radius 3 is 2.82 bits per heavy atom. The number of carbonyl (C=O) groups is 1.